The molecule has 5 heteroatoms. The van der Waals surface area contributed by atoms with Crippen molar-refractivity contribution in [1.82, 2.24) is 9.97 Å². The number of rotatable bonds is 3. The van der Waals surface area contributed by atoms with E-state index in [1.807, 2.05) is 6.92 Å². The van der Waals surface area contributed by atoms with Crippen LogP contribution >= 0.6 is 11.8 Å². The lowest BCUT2D eigenvalue weighted by Gasteiger charge is -2.18. The SMILES string of the molecule is Cc1cc(C(=N)N)nc(Sc2ccc(C(C)(C)C)cc2)n1. The van der Waals surface area contributed by atoms with E-state index in [0.29, 0.717) is 10.9 Å². The highest BCUT2D eigenvalue weighted by atomic mass is 32.2. The Morgan fingerprint density at radius 2 is 1.76 bits per heavy atom. The molecular formula is C16H20N4S. The van der Waals surface area contributed by atoms with Crippen LogP contribution in [0, 0.1) is 12.3 Å². The lowest BCUT2D eigenvalue weighted by atomic mass is 9.87. The van der Waals surface area contributed by atoms with Crippen LogP contribution in [0.3, 0.4) is 0 Å². The first-order valence-corrected chi connectivity index (χ1v) is 7.56. The Labute approximate surface area is 129 Å². The molecule has 3 N–H and O–H groups in total. The normalized spacial score (nSPS) is 11.4. The molecule has 21 heavy (non-hydrogen) atoms. The molecule has 0 spiro atoms. The van der Waals surface area contributed by atoms with E-state index in [1.54, 1.807) is 6.07 Å². The number of nitrogen functional groups attached to an aromatic ring is 1. The number of hydrogen-bond donors (Lipinski definition) is 2. The van der Waals surface area contributed by atoms with Crippen molar-refractivity contribution < 1.29 is 0 Å². The summed E-state index contributed by atoms with van der Waals surface area (Å²) in [5.74, 6) is -0.0366. The highest BCUT2D eigenvalue weighted by Gasteiger charge is 2.13. The molecule has 0 unspecified atom stereocenters. The van der Waals surface area contributed by atoms with Crippen molar-refractivity contribution in [3.8, 4) is 0 Å². The number of nitrogens with zero attached hydrogens (tertiary/aromatic N) is 2. The first-order chi connectivity index (χ1) is 9.75. The van der Waals surface area contributed by atoms with Gasteiger partial charge in [-0.05, 0) is 47.9 Å². The lowest BCUT2D eigenvalue weighted by molar-refractivity contribution is 0.590. The van der Waals surface area contributed by atoms with Gasteiger partial charge in [-0.3, -0.25) is 5.41 Å². The number of hydrogen-bond acceptors (Lipinski definition) is 4. The summed E-state index contributed by atoms with van der Waals surface area (Å²) < 4.78 is 0. The number of nitrogens with two attached hydrogens (primary N) is 1. The fourth-order valence-electron chi connectivity index (χ4n) is 1.85. The van der Waals surface area contributed by atoms with Crippen molar-refractivity contribution in [2.24, 2.45) is 5.73 Å². The third kappa shape index (κ3) is 4.04. The fraction of sp³-hybridized carbons (Fsp3) is 0.312. The number of nitrogens with one attached hydrogen (secondary N) is 1. The van der Waals surface area contributed by atoms with Gasteiger partial charge in [0.1, 0.15) is 11.5 Å². The first-order valence-electron chi connectivity index (χ1n) is 6.74. The molecule has 2 rings (SSSR count). The van der Waals surface area contributed by atoms with E-state index in [1.165, 1.54) is 17.3 Å². The molecule has 0 aliphatic carbocycles. The van der Waals surface area contributed by atoms with Gasteiger partial charge in [0.15, 0.2) is 5.16 Å². The molecule has 0 fully saturated rings. The summed E-state index contributed by atoms with van der Waals surface area (Å²) in [5.41, 5.74) is 8.21. The van der Waals surface area contributed by atoms with Gasteiger partial charge >= 0.3 is 0 Å². The Balaban J connectivity index is 2.24. The zero-order chi connectivity index (χ0) is 15.6. The fourth-order valence-corrected chi connectivity index (χ4v) is 2.67. The van der Waals surface area contributed by atoms with Gasteiger partial charge in [0.2, 0.25) is 0 Å². The maximum atomic E-state index is 7.48. The maximum absolute atomic E-state index is 7.48. The molecule has 110 valence electrons. The molecule has 0 saturated carbocycles. The summed E-state index contributed by atoms with van der Waals surface area (Å²) in [7, 11) is 0. The van der Waals surface area contributed by atoms with Gasteiger partial charge in [-0.15, -0.1) is 0 Å². The van der Waals surface area contributed by atoms with E-state index in [2.05, 4.69) is 55.0 Å². The summed E-state index contributed by atoms with van der Waals surface area (Å²) in [6, 6.07) is 10.1. The van der Waals surface area contributed by atoms with Crippen molar-refractivity contribution in [3.63, 3.8) is 0 Å². The molecule has 0 aliphatic heterocycles. The van der Waals surface area contributed by atoms with Gasteiger partial charge < -0.3 is 5.73 Å². The third-order valence-corrected chi connectivity index (χ3v) is 3.91. The minimum absolute atomic E-state index is 0.0366. The summed E-state index contributed by atoms with van der Waals surface area (Å²) in [6.07, 6.45) is 0. The second-order valence-corrected chi connectivity index (χ2v) is 7.01. The Morgan fingerprint density at radius 3 is 2.29 bits per heavy atom. The van der Waals surface area contributed by atoms with Crippen LogP contribution in [-0.2, 0) is 5.41 Å². The second-order valence-electron chi connectivity index (χ2n) is 5.97. The topological polar surface area (TPSA) is 75.7 Å². The average molecular weight is 300 g/mol. The molecule has 0 aliphatic rings. The van der Waals surface area contributed by atoms with E-state index in [9.17, 15) is 0 Å². The molecule has 0 saturated heterocycles. The average Bonchev–Trinajstić information content (AvgIpc) is 2.37. The van der Waals surface area contributed by atoms with Crippen molar-refractivity contribution in [3.05, 3.63) is 47.3 Å². The highest BCUT2D eigenvalue weighted by Crippen LogP contribution is 2.28. The van der Waals surface area contributed by atoms with Crippen LogP contribution in [0.2, 0.25) is 0 Å². The van der Waals surface area contributed by atoms with Crippen LogP contribution in [0.5, 0.6) is 0 Å². The Hall–Kier alpha value is -1.88. The van der Waals surface area contributed by atoms with Gasteiger partial charge in [-0.25, -0.2) is 9.97 Å². The summed E-state index contributed by atoms with van der Waals surface area (Å²) in [5, 5.41) is 8.10. The zero-order valence-electron chi connectivity index (χ0n) is 12.8. The van der Waals surface area contributed by atoms with Crippen molar-refractivity contribution in [2.45, 2.75) is 43.2 Å². The summed E-state index contributed by atoms with van der Waals surface area (Å²) in [6.45, 7) is 8.45. The molecular weight excluding hydrogens is 280 g/mol. The molecule has 0 amide bonds. The Bertz CT molecular complexity index is 657. The highest BCUT2D eigenvalue weighted by molar-refractivity contribution is 7.99. The van der Waals surface area contributed by atoms with Crippen LogP contribution in [-0.4, -0.2) is 15.8 Å². The molecule has 1 aromatic heterocycles. The van der Waals surface area contributed by atoms with Gasteiger partial charge in [-0.1, -0.05) is 32.9 Å². The van der Waals surface area contributed by atoms with Crippen LogP contribution in [0.15, 0.2) is 40.4 Å². The Morgan fingerprint density at radius 1 is 1.14 bits per heavy atom. The molecule has 1 heterocycles. The molecule has 0 bridgehead atoms. The summed E-state index contributed by atoms with van der Waals surface area (Å²) in [4.78, 5) is 9.76. The van der Waals surface area contributed by atoms with Crippen LogP contribution in [0.1, 0.15) is 37.7 Å². The molecule has 4 nitrogen and oxygen atoms in total. The summed E-state index contributed by atoms with van der Waals surface area (Å²) >= 11 is 1.48. The van der Waals surface area contributed by atoms with Crippen LogP contribution in [0.4, 0.5) is 0 Å². The van der Waals surface area contributed by atoms with E-state index >= 15 is 0 Å². The van der Waals surface area contributed by atoms with Crippen molar-refractivity contribution >= 4 is 17.6 Å². The predicted molar refractivity (Wildman–Crippen MR) is 87.1 cm³/mol. The smallest absolute Gasteiger partial charge is 0.193 e. The van der Waals surface area contributed by atoms with Gasteiger partial charge in [0.05, 0.1) is 0 Å². The van der Waals surface area contributed by atoms with Crippen LogP contribution < -0.4 is 5.73 Å². The first kappa shape index (κ1) is 15.5. The molecule has 0 atom stereocenters. The van der Waals surface area contributed by atoms with Gasteiger partial charge in [0.25, 0.3) is 0 Å². The minimum Gasteiger partial charge on any atom is -0.382 e. The third-order valence-electron chi connectivity index (χ3n) is 3.04. The molecule has 1 aromatic carbocycles. The zero-order valence-corrected chi connectivity index (χ0v) is 13.6. The molecule has 2 aromatic rings. The largest absolute Gasteiger partial charge is 0.382 e. The number of benzene rings is 1. The predicted octanol–water partition coefficient (Wildman–Crippen LogP) is 3.52. The van der Waals surface area contributed by atoms with Crippen molar-refractivity contribution in [2.75, 3.05) is 0 Å². The minimum atomic E-state index is -0.0366. The lowest BCUT2D eigenvalue weighted by Crippen LogP contribution is -2.14. The Kier molecular flexibility index (Phi) is 4.32. The van der Waals surface area contributed by atoms with E-state index < -0.39 is 0 Å². The maximum Gasteiger partial charge on any atom is 0.193 e. The standard InChI is InChI=1S/C16H20N4S/c1-10-9-13(14(17)18)20-15(19-10)21-12-7-5-11(6-8-12)16(2,3)4/h5-9H,1-4H3,(H3,17,18). The van der Waals surface area contributed by atoms with Gasteiger partial charge in [-0.2, -0.15) is 0 Å². The van der Waals surface area contributed by atoms with E-state index in [0.717, 1.165) is 10.6 Å². The number of aromatic nitrogens is 2. The van der Waals surface area contributed by atoms with Gasteiger partial charge in [0, 0.05) is 10.6 Å². The van der Waals surface area contributed by atoms with E-state index in [-0.39, 0.29) is 11.3 Å². The quantitative estimate of drug-likeness (QED) is 0.516. The second kappa shape index (κ2) is 5.85. The van der Waals surface area contributed by atoms with Crippen molar-refractivity contribution in [1.29, 1.82) is 5.41 Å². The van der Waals surface area contributed by atoms with E-state index in [4.69, 9.17) is 11.1 Å². The monoisotopic (exact) mass is 300 g/mol. The molecule has 0 radical (unpaired) electrons. The van der Waals surface area contributed by atoms with Crippen LogP contribution in [0.25, 0.3) is 0 Å². The number of aryl methyl sites for hydroxylation is 1. The number of amidine groups is 1.